The molecule has 0 bridgehead atoms. The summed E-state index contributed by atoms with van der Waals surface area (Å²) in [6.07, 6.45) is 8.21. The molecule has 0 nitrogen and oxygen atoms in total. The maximum Gasteiger partial charge on any atom is 0.166 e. The molecule has 2 aromatic carbocycles. The molecule has 1 aliphatic carbocycles. The van der Waals surface area contributed by atoms with E-state index in [0.29, 0.717) is 17.0 Å². The van der Waals surface area contributed by atoms with Gasteiger partial charge in [-0.25, -0.2) is 8.78 Å². The van der Waals surface area contributed by atoms with Gasteiger partial charge in [-0.3, -0.25) is 0 Å². The zero-order chi connectivity index (χ0) is 19.4. The molecule has 0 spiro atoms. The number of benzene rings is 2. The minimum atomic E-state index is -0.705. The Morgan fingerprint density at radius 2 is 1.56 bits per heavy atom. The van der Waals surface area contributed by atoms with Gasteiger partial charge in [-0.2, -0.15) is 0 Å². The monoisotopic (exact) mass is 370 g/mol. The standard InChI is InChI=1S/C25H32F2/c1-4-6-19-9-11-20(12-10-19)17(3)22-15-16-23(25(27)24(22)26)21-13-7-18(5-2)8-14-21/h7-8,13-17,19-20H,4-6,9-12H2,1-3H3. The van der Waals surface area contributed by atoms with Crippen LogP contribution in [0.15, 0.2) is 36.4 Å². The second-order valence-electron chi connectivity index (χ2n) is 8.24. The third kappa shape index (κ3) is 4.42. The van der Waals surface area contributed by atoms with Gasteiger partial charge < -0.3 is 0 Å². The fourth-order valence-corrected chi connectivity index (χ4v) is 4.70. The van der Waals surface area contributed by atoms with Gasteiger partial charge in [-0.15, -0.1) is 0 Å². The first-order valence-electron chi connectivity index (χ1n) is 10.6. The molecule has 0 aliphatic heterocycles. The van der Waals surface area contributed by atoms with Crippen molar-refractivity contribution in [1.29, 1.82) is 0 Å². The molecule has 2 heteroatoms. The van der Waals surface area contributed by atoms with Gasteiger partial charge in [0.15, 0.2) is 11.6 Å². The first-order chi connectivity index (χ1) is 13.0. The summed E-state index contributed by atoms with van der Waals surface area (Å²) in [7, 11) is 0. The van der Waals surface area contributed by atoms with Crippen molar-refractivity contribution in [3.63, 3.8) is 0 Å². The second kappa shape index (κ2) is 8.99. The molecule has 0 radical (unpaired) electrons. The Morgan fingerprint density at radius 3 is 2.15 bits per heavy atom. The summed E-state index contributed by atoms with van der Waals surface area (Å²) in [4.78, 5) is 0. The Hall–Kier alpha value is -1.70. The van der Waals surface area contributed by atoms with Crippen molar-refractivity contribution in [2.75, 3.05) is 0 Å². The second-order valence-corrected chi connectivity index (χ2v) is 8.24. The van der Waals surface area contributed by atoms with Gasteiger partial charge in [0.25, 0.3) is 0 Å². The van der Waals surface area contributed by atoms with Crippen LogP contribution in [0.5, 0.6) is 0 Å². The molecule has 0 N–H and O–H groups in total. The highest BCUT2D eigenvalue weighted by Crippen LogP contribution is 2.41. The lowest BCUT2D eigenvalue weighted by atomic mass is 9.73. The summed E-state index contributed by atoms with van der Waals surface area (Å²) in [5.41, 5.74) is 2.84. The van der Waals surface area contributed by atoms with Crippen LogP contribution in [0.1, 0.15) is 76.3 Å². The number of aryl methyl sites for hydroxylation is 1. The highest BCUT2D eigenvalue weighted by Gasteiger charge is 2.28. The van der Waals surface area contributed by atoms with Crippen LogP contribution in [0.2, 0.25) is 0 Å². The van der Waals surface area contributed by atoms with Crippen molar-refractivity contribution in [2.24, 2.45) is 11.8 Å². The molecule has 0 amide bonds. The highest BCUT2D eigenvalue weighted by atomic mass is 19.2. The van der Waals surface area contributed by atoms with Gasteiger partial charge in [0.05, 0.1) is 0 Å². The molecule has 0 heterocycles. The topological polar surface area (TPSA) is 0 Å². The maximum atomic E-state index is 14.9. The van der Waals surface area contributed by atoms with E-state index in [0.717, 1.165) is 30.7 Å². The summed E-state index contributed by atoms with van der Waals surface area (Å²) in [5.74, 6) is -0.00712. The molecule has 1 unspecified atom stereocenters. The van der Waals surface area contributed by atoms with E-state index in [4.69, 9.17) is 0 Å². The first kappa shape index (κ1) is 20.0. The summed E-state index contributed by atoms with van der Waals surface area (Å²) in [6, 6.07) is 11.3. The van der Waals surface area contributed by atoms with Crippen molar-refractivity contribution in [2.45, 2.75) is 71.6 Å². The normalized spacial score (nSPS) is 21.2. The summed E-state index contributed by atoms with van der Waals surface area (Å²) in [5, 5.41) is 0. The lowest BCUT2D eigenvalue weighted by molar-refractivity contribution is 0.236. The number of halogens is 2. The molecule has 1 fully saturated rings. The molecule has 0 saturated heterocycles. The van der Waals surface area contributed by atoms with E-state index in [1.165, 1.54) is 31.2 Å². The molecule has 1 aliphatic rings. The van der Waals surface area contributed by atoms with Crippen molar-refractivity contribution in [3.05, 3.63) is 59.2 Å². The predicted molar refractivity (Wildman–Crippen MR) is 110 cm³/mol. The zero-order valence-electron chi connectivity index (χ0n) is 16.9. The van der Waals surface area contributed by atoms with Crippen LogP contribution in [0, 0.1) is 23.5 Å². The van der Waals surface area contributed by atoms with E-state index in [1.807, 2.05) is 30.3 Å². The first-order valence-corrected chi connectivity index (χ1v) is 10.6. The fraction of sp³-hybridized carbons (Fsp3) is 0.520. The predicted octanol–water partition coefficient (Wildman–Crippen LogP) is 7.90. The lowest BCUT2D eigenvalue weighted by Gasteiger charge is -2.32. The van der Waals surface area contributed by atoms with Crippen LogP contribution in [0.25, 0.3) is 11.1 Å². The van der Waals surface area contributed by atoms with Gasteiger partial charge >= 0.3 is 0 Å². The van der Waals surface area contributed by atoms with Gasteiger partial charge in [-0.1, -0.05) is 82.9 Å². The molecular formula is C25H32F2. The van der Waals surface area contributed by atoms with E-state index in [-0.39, 0.29) is 5.92 Å². The van der Waals surface area contributed by atoms with Crippen LogP contribution in [-0.2, 0) is 6.42 Å². The van der Waals surface area contributed by atoms with E-state index in [9.17, 15) is 8.78 Å². The van der Waals surface area contributed by atoms with Gasteiger partial charge in [0, 0.05) is 5.56 Å². The van der Waals surface area contributed by atoms with Crippen molar-refractivity contribution in [1.82, 2.24) is 0 Å². The zero-order valence-corrected chi connectivity index (χ0v) is 16.9. The summed E-state index contributed by atoms with van der Waals surface area (Å²) >= 11 is 0. The Labute approximate surface area is 163 Å². The average Bonchev–Trinajstić information content (AvgIpc) is 2.70. The molecule has 1 atom stereocenters. The smallest absolute Gasteiger partial charge is 0.166 e. The number of hydrogen-bond acceptors (Lipinski definition) is 0. The minimum Gasteiger partial charge on any atom is -0.203 e. The van der Waals surface area contributed by atoms with Crippen molar-refractivity contribution in [3.8, 4) is 11.1 Å². The van der Waals surface area contributed by atoms with E-state index in [1.54, 1.807) is 6.07 Å². The number of rotatable bonds is 6. The Balaban J connectivity index is 1.78. The average molecular weight is 371 g/mol. The van der Waals surface area contributed by atoms with Gasteiger partial charge in [0.1, 0.15) is 0 Å². The maximum absolute atomic E-state index is 14.9. The Morgan fingerprint density at radius 1 is 0.889 bits per heavy atom. The summed E-state index contributed by atoms with van der Waals surface area (Å²) in [6.45, 7) is 6.39. The molecule has 27 heavy (non-hydrogen) atoms. The quantitative estimate of drug-likeness (QED) is 0.484. The van der Waals surface area contributed by atoms with Crippen molar-refractivity contribution >= 4 is 0 Å². The lowest BCUT2D eigenvalue weighted by Crippen LogP contribution is -2.20. The van der Waals surface area contributed by atoms with Crippen molar-refractivity contribution < 1.29 is 8.78 Å². The Kier molecular flexibility index (Phi) is 6.68. The molecular weight excluding hydrogens is 338 g/mol. The van der Waals surface area contributed by atoms with E-state index < -0.39 is 11.6 Å². The van der Waals surface area contributed by atoms with Gasteiger partial charge in [-0.05, 0) is 53.7 Å². The molecule has 146 valence electrons. The van der Waals surface area contributed by atoms with E-state index >= 15 is 0 Å². The molecule has 0 aromatic heterocycles. The highest BCUT2D eigenvalue weighted by molar-refractivity contribution is 5.65. The minimum absolute atomic E-state index is 0.0681. The van der Waals surface area contributed by atoms with Crippen LogP contribution in [0.4, 0.5) is 8.78 Å². The van der Waals surface area contributed by atoms with Crippen LogP contribution in [-0.4, -0.2) is 0 Å². The van der Waals surface area contributed by atoms with Crippen LogP contribution in [0.3, 0.4) is 0 Å². The third-order valence-corrected chi connectivity index (χ3v) is 6.57. The number of hydrogen-bond donors (Lipinski definition) is 0. The molecule has 1 saturated carbocycles. The third-order valence-electron chi connectivity index (χ3n) is 6.57. The SMILES string of the molecule is CCCC1CCC(C(C)c2ccc(-c3ccc(CC)cc3)c(F)c2F)CC1. The molecule has 2 aromatic rings. The van der Waals surface area contributed by atoms with Gasteiger partial charge in [0.2, 0.25) is 0 Å². The fourth-order valence-electron chi connectivity index (χ4n) is 4.70. The Bertz CT molecular complexity index is 740. The molecule has 3 rings (SSSR count). The van der Waals surface area contributed by atoms with Crippen LogP contribution >= 0.6 is 0 Å². The summed E-state index contributed by atoms with van der Waals surface area (Å²) < 4.78 is 29.8. The largest absolute Gasteiger partial charge is 0.203 e. The van der Waals surface area contributed by atoms with Crippen LogP contribution < -0.4 is 0 Å². The van der Waals surface area contributed by atoms with E-state index in [2.05, 4.69) is 20.8 Å².